The van der Waals surface area contributed by atoms with Crippen LogP contribution in [0.5, 0.6) is 0 Å². The number of hydrogen-bond donors (Lipinski definition) is 1. The second-order valence-corrected chi connectivity index (χ2v) is 5.67. The van der Waals surface area contributed by atoms with E-state index in [9.17, 15) is 15.2 Å². The van der Waals surface area contributed by atoms with Crippen LogP contribution in [-0.2, 0) is 0 Å². The molecule has 0 radical (unpaired) electrons. The van der Waals surface area contributed by atoms with Gasteiger partial charge in [0, 0.05) is 12.1 Å². The molecule has 6 nitrogen and oxygen atoms in total. The molecule has 1 aliphatic heterocycles. The van der Waals surface area contributed by atoms with Crippen molar-refractivity contribution in [2.45, 2.75) is 26.3 Å². The van der Waals surface area contributed by atoms with E-state index >= 15 is 0 Å². The molecule has 1 aliphatic rings. The van der Waals surface area contributed by atoms with Crippen molar-refractivity contribution in [3.8, 4) is 0 Å². The number of aliphatic hydroxyl groups excluding tert-OH is 1. The van der Waals surface area contributed by atoms with E-state index in [-0.39, 0.29) is 18.3 Å². The van der Waals surface area contributed by atoms with Crippen LogP contribution >= 0.6 is 15.9 Å². The number of nitro groups is 1. The molecule has 2 heterocycles. The summed E-state index contributed by atoms with van der Waals surface area (Å²) in [6, 6.07) is 0.0182. The lowest BCUT2D eigenvalue weighted by molar-refractivity contribution is -0.385. The van der Waals surface area contributed by atoms with Gasteiger partial charge in [-0.25, -0.2) is 4.98 Å². The van der Waals surface area contributed by atoms with Crippen molar-refractivity contribution in [3.05, 3.63) is 26.3 Å². The van der Waals surface area contributed by atoms with Gasteiger partial charge >= 0.3 is 0 Å². The van der Waals surface area contributed by atoms with Gasteiger partial charge in [-0.2, -0.15) is 0 Å². The zero-order chi connectivity index (χ0) is 14.2. The van der Waals surface area contributed by atoms with Crippen LogP contribution in [-0.4, -0.2) is 34.2 Å². The van der Waals surface area contributed by atoms with Crippen LogP contribution in [0.2, 0.25) is 0 Å². The van der Waals surface area contributed by atoms with Gasteiger partial charge in [-0.3, -0.25) is 10.1 Å². The molecule has 0 spiro atoms. The maximum absolute atomic E-state index is 10.9. The third kappa shape index (κ3) is 2.44. The molecular weight excluding hydrogens is 314 g/mol. The number of nitrogens with zero attached hydrogens (tertiary/aromatic N) is 3. The molecule has 2 rings (SSSR count). The lowest BCUT2D eigenvalue weighted by Crippen LogP contribution is -2.36. The minimum atomic E-state index is -0.437. The Morgan fingerprint density at radius 3 is 2.95 bits per heavy atom. The van der Waals surface area contributed by atoms with Gasteiger partial charge in [0.25, 0.3) is 5.69 Å². The summed E-state index contributed by atoms with van der Waals surface area (Å²) in [4.78, 5) is 16.7. The van der Waals surface area contributed by atoms with Crippen molar-refractivity contribution in [2.75, 3.05) is 18.1 Å². The first-order chi connectivity index (χ1) is 8.97. The summed E-state index contributed by atoms with van der Waals surface area (Å²) in [7, 11) is 0. The van der Waals surface area contributed by atoms with Crippen LogP contribution in [0.3, 0.4) is 0 Å². The van der Waals surface area contributed by atoms with E-state index in [2.05, 4.69) is 27.8 Å². The van der Waals surface area contributed by atoms with Gasteiger partial charge < -0.3 is 10.0 Å². The highest BCUT2D eigenvalue weighted by atomic mass is 79.9. The van der Waals surface area contributed by atoms with Crippen molar-refractivity contribution >= 4 is 27.4 Å². The fourth-order valence-corrected chi connectivity index (χ4v) is 3.02. The van der Waals surface area contributed by atoms with Gasteiger partial charge in [0.1, 0.15) is 12.0 Å². The lowest BCUT2D eigenvalue weighted by atomic mass is 10.0. The van der Waals surface area contributed by atoms with Crippen LogP contribution < -0.4 is 4.90 Å². The highest BCUT2D eigenvalue weighted by molar-refractivity contribution is 9.10. The van der Waals surface area contributed by atoms with Gasteiger partial charge in [0.2, 0.25) is 0 Å². The van der Waals surface area contributed by atoms with Crippen molar-refractivity contribution in [2.24, 2.45) is 5.92 Å². The number of hydrogen-bond acceptors (Lipinski definition) is 5. The number of rotatable bonds is 3. The average molecular weight is 330 g/mol. The SMILES string of the molecule is Cc1c([N+](=O)[O-])cnc(N2CCC(C)C2CO)c1Br. The Morgan fingerprint density at radius 1 is 1.68 bits per heavy atom. The van der Waals surface area contributed by atoms with Crippen LogP contribution in [0.1, 0.15) is 18.9 Å². The summed E-state index contributed by atoms with van der Waals surface area (Å²) in [5.74, 6) is 1.06. The number of pyridine rings is 1. The first-order valence-electron chi connectivity index (χ1n) is 6.14. The average Bonchev–Trinajstić information content (AvgIpc) is 2.73. The molecule has 2 atom stereocenters. The zero-order valence-electron chi connectivity index (χ0n) is 10.8. The molecule has 1 fully saturated rings. The summed E-state index contributed by atoms with van der Waals surface area (Å²) >= 11 is 3.40. The molecule has 0 bridgehead atoms. The van der Waals surface area contributed by atoms with Crippen molar-refractivity contribution in [3.63, 3.8) is 0 Å². The predicted molar refractivity (Wildman–Crippen MR) is 75.3 cm³/mol. The Balaban J connectivity index is 2.41. The number of halogens is 1. The van der Waals surface area contributed by atoms with E-state index in [1.54, 1.807) is 6.92 Å². The first kappa shape index (κ1) is 14.2. The van der Waals surface area contributed by atoms with Gasteiger partial charge in [0.05, 0.1) is 22.0 Å². The zero-order valence-corrected chi connectivity index (χ0v) is 12.4. The number of aromatic nitrogens is 1. The fourth-order valence-electron chi connectivity index (χ4n) is 2.49. The largest absolute Gasteiger partial charge is 0.394 e. The van der Waals surface area contributed by atoms with Crippen molar-refractivity contribution < 1.29 is 10.0 Å². The second kappa shape index (κ2) is 5.42. The standard InChI is InChI=1S/C12H16BrN3O3/c1-7-3-4-15(10(7)6-17)12-11(13)8(2)9(5-14-12)16(18)19/h5,7,10,17H,3-4,6H2,1-2H3. The smallest absolute Gasteiger partial charge is 0.291 e. The Labute approximate surface area is 119 Å². The molecule has 0 aromatic carbocycles. The molecule has 7 heteroatoms. The third-order valence-electron chi connectivity index (χ3n) is 3.76. The number of anilines is 1. The Hall–Kier alpha value is -1.21. The molecule has 19 heavy (non-hydrogen) atoms. The van der Waals surface area contributed by atoms with E-state index in [1.165, 1.54) is 6.20 Å². The summed E-state index contributed by atoms with van der Waals surface area (Å²) in [5, 5.41) is 20.3. The predicted octanol–water partition coefficient (Wildman–Crippen LogP) is 2.27. The maximum Gasteiger partial charge on any atom is 0.291 e. The number of aliphatic hydroxyl groups is 1. The Bertz CT molecular complexity index is 509. The fraction of sp³-hybridized carbons (Fsp3) is 0.583. The highest BCUT2D eigenvalue weighted by Crippen LogP contribution is 2.37. The van der Waals surface area contributed by atoms with Gasteiger partial charge in [-0.15, -0.1) is 0 Å². The lowest BCUT2D eigenvalue weighted by Gasteiger charge is -2.27. The summed E-state index contributed by atoms with van der Waals surface area (Å²) in [6.07, 6.45) is 2.27. The Morgan fingerprint density at radius 2 is 2.37 bits per heavy atom. The van der Waals surface area contributed by atoms with Crippen molar-refractivity contribution in [1.82, 2.24) is 4.98 Å². The summed E-state index contributed by atoms with van der Waals surface area (Å²) in [6.45, 7) is 4.65. The van der Waals surface area contributed by atoms with E-state index in [0.29, 0.717) is 21.8 Å². The van der Waals surface area contributed by atoms with Crippen molar-refractivity contribution in [1.29, 1.82) is 0 Å². The van der Waals surface area contributed by atoms with Gasteiger partial charge in [0.15, 0.2) is 0 Å². The summed E-state index contributed by atoms with van der Waals surface area (Å²) < 4.78 is 0.634. The molecule has 0 saturated carbocycles. The molecule has 0 amide bonds. The molecular formula is C12H16BrN3O3. The third-order valence-corrected chi connectivity index (χ3v) is 4.71. The normalized spacial score (nSPS) is 22.8. The molecule has 104 valence electrons. The van der Waals surface area contributed by atoms with E-state index in [0.717, 1.165) is 13.0 Å². The molecule has 0 aliphatic carbocycles. The maximum atomic E-state index is 10.9. The van der Waals surface area contributed by atoms with E-state index < -0.39 is 4.92 Å². The summed E-state index contributed by atoms with van der Waals surface area (Å²) in [5.41, 5.74) is 0.565. The van der Waals surface area contributed by atoms with Gasteiger partial charge in [-0.05, 0) is 35.2 Å². The first-order valence-corrected chi connectivity index (χ1v) is 6.93. The van der Waals surface area contributed by atoms with Crippen LogP contribution in [0.15, 0.2) is 10.7 Å². The van der Waals surface area contributed by atoms with Gasteiger partial charge in [-0.1, -0.05) is 6.92 Å². The quantitative estimate of drug-likeness (QED) is 0.679. The minimum Gasteiger partial charge on any atom is -0.394 e. The second-order valence-electron chi connectivity index (χ2n) is 4.87. The van der Waals surface area contributed by atoms with Crippen LogP contribution in [0.4, 0.5) is 11.5 Å². The van der Waals surface area contributed by atoms with Crippen LogP contribution in [0.25, 0.3) is 0 Å². The minimum absolute atomic E-state index is 0.00317. The van der Waals surface area contributed by atoms with E-state index in [1.807, 2.05) is 4.90 Å². The molecule has 1 aromatic rings. The molecule has 1 aromatic heterocycles. The van der Waals surface area contributed by atoms with Crippen LogP contribution in [0, 0.1) is 23.0 Å². The Kier molecular flexibility index (Phi) is 4.05. The monoisotopic (exact) mass is 329 g/mol. The highest BCUT2D eigenvalue weighted by Gasteiger charge is 2.33. The molecule has 1 saturated heterocycles. The van der Waals surface area contributed by atoms with E-state index in [4.69, 9.17) is 0 Å². The topological polar surface area (TPSA) is 79.5 Å². The molecule has 1 N–H and O–H groups in total. The molecule has 2 unspecified atom stereocenters.